The second-order valence-corrected chi connectivity index (χ2v) is 4.53. The summed E-state index contributed by atoms with van der Waals surface area (Å²) >= 11 is 0. The number of benzene rings is 1. The Bertz CT molecular complexity index is 570. The smallest absolute Gasteiger partial charge is 0.324 e. The van der Waals surface area contributed by atoms with Crippen molar-refractivity contribution in [3.05, 3.63) is 24.0 Å². The maximum atomic E-state index is 13.4. The average molecular weight is 307 g/mol. The minimum atomic E-state index is -4.95. The molecular formula is C12H13F4N3O2. The normalized spacial score (nSPS) is 14.2. The predicted octanol–water partition coefficient (Wildman–Crippen LogP) is 2.00. The van der Waals surface area contributed by atoms with Gasteiger partial charge in [-0.3, -0.25) is 9.59 Å². The van der Waals surface area contributed by atoms with Gasteiger partial charge in [-0.15, -0.1) is 0 Å². The van der Waals surface area contributed by atoms with Crippen LogP contribution in [0.5, 0.6) is 0 Å². The van der Waals surface area contributed by atoms with Crippen molar-refractivity contribution in [3.8, 4) is 0 Å². The molecular weight excluding hydrogens is 294 g/mol. The Morgan fingerprint density at radius 3 is 2.24 bits per heavy atom. The first-order chi connectivity index (χ1) is 9.45. The summed E-state index contributed by atoms with van der Waals surface area (Å²) in [6.07, 6.45) is -4.95. The van der Waals surface area contributed by atoms with E-state index in [1.54, 1.807) is 0 Å². The summed E-state index contributed by atoms with van der Waals surface area (Å²) in [7, 11) is 0. The van der Waals surface area contributed by atoms with E-state index in [2.05, 4.69) is 5.32 Å². The van der Waals surface area contributed by atoms with Crippen LogP contribution in [0.2, 0.25) is 0 Å². The quantitative estimate of drug-likeness (QED) is 0.747. The molecule has 4 N–H and O–H groups in total. The van der Waals surface area contributed by atoms with Gasteiger partial charge in [-0.05, 0) is 25.1 Å². The fraction of sp³-hybridized carbons (Fsp3) is 0.333. The Hall–Kier alpha value is -2.16. The lowest BCUT2D eigenvalue weighted by atomic mass is 10.0. The van der Waals surface area contributed by atoms with Gasteiger partial charge in [-0.1, -0.05) is 0 Å². The molecule has 1 rings (SSSR count). The van der Waals surface area contributed by atoms with Gasteiger partial charge in [0.2, 0.25) is 5.91 Å². The molecule has 116 valence electrons. The molecule has 0 radical (unpaired) electrons. The maximum absolute atomic E-state index is 13.4. The molecule has 1 atom stereocenters. The number of carbonyl (C=O) groups excluding carboxylic acids is 2. The van der Waals surface area contributed by atoms with Crippen molar-refractivity contribution < 1.29 is 27.2 Å². The fourth-order valence-corrected chi connectivity index (χ4v) is 1.28. The second kappa shape index (κ2) is 5.68. The fourth-order valence-electron chi connectivity index (χ4n) is 1.28. The molecule has 0 aliphatic rings. The van der Waals surface area contributed by atoms with Crippen LogP contribution < -0.4 is 16.4 Å². The number of nitrogens with two attached hydrogens (primary N) is 1. The van der Waals surface area contributed by atoms with E-state index in [4.69, 9.17) is 5.73 Å². The van der Waals surface area contributed by atoms with Gasteiger partial charge in [0, 0.05) is 12.6 Å². The molecule has 1 aromatic rings. The number of alkyl halides is 3. The molecule has 0 spiro atoms. The van der Waals surface area contributed by atoms with Crippen LogP contribution in [0.15, 0.2) is 18.2 Å². The lowest BCUT2D eigenvalue weighted by Crippen LogP contribution is -2.59. The van der Waals surface area contributed by atoms with Crippen LogP contribution in [-0.2, 0) is 9.59 Å². The summed E-state index contributed by atoms with van der Waals surface area (Å²) in [5.41, 5.74) is 1.45. The molecule has 0 bridgehead atoms. The molecule has 21 heavy (non-hydrogen) atoms. The third-order valence-electron chi connectivity index (χ3n) is 2.60. The van der Waals surface area contributed by atoms with Crippen molar-refractivity contribution in [2.45, 2.75) is 25.6 Å². The maximum Gasteiger partial charge on any atom is 0.415 e. The lowest BCUT2D eigenvalue weighted by Gasteiger charge is -2.26. The van der Waals surface area contributed by atoms with Crippen molar-refractivity contribution in [3.63, 3.8) is 0 Å². The molecule has 1 unspecified atom stereocenters. The van der Waals surface area contributed by atoms with E-state index in [1.165, 1.54) is 0 Å². The van der Waals surface area contributed by atoms with Crippen molar-refractivity contribution >= 4 is 23.2 Å². The highest BCUT2D eigenvalue weighted by Crippen LogP contribution is 2.29. The highest BCUT2D eigenvalue weighted by atomic mass is 19.4. The summed E-state index contributed by atoms with van der Waals surface area (Å²) in [6, 6.07) is 2.93. The van der Waals surface area contributed by atoms with Crippen LogP contribution in [-0.4, -0.2) is 23.5 Å². The minimum absolute atomic E-state index is 0.133. The van der Waals surface area contributed by atoms with Crippen LogP contribution >= 0.6 is 0 Å². The second-order valence-electron chi connectivity index (χ2n) is 4.53. The first-order valence-corrected chi connectivity index (χ1v) is 5.69. The number of amides is 2. The van der Waals surface area contributed by atoms with Gasteiger partial charge < -0.3 is 16.4 Å². The lowest BCUT2D eigenvalue weighted by molar-refractivity contribution is -0.184. The summed E-state index contributed by atoms with van der Waals surface area (Å²) in [5, 5.41) is 4.06. The Morgan fingerprint density at radius 1 is 1.19 bits per heavy atom. The summed E-state index contributed by atoms with van der Waals surface area (Å²) < 4.78 is 51.2. The van der Waals surface area contributed by atoms with E-state index < -0.39 is 29.3 Å². The van der Waals surface area contributed by atoms with Crippen LogP contribution in [0.4, 0.5) is 28.9 Å². The molecule has 0 saturated heterocycles. The van der Waals surface area contributed by atoms with Crippen molar-refractivity contribution in [2.24, 2.45) is 5.73 Å². The number of nitrogens with one attached hydrogen (secondary N) is 2. The van der Waals surface area contributed by atoms with Crippen molar-refractivity contribution in [1.29, 1.82) is 0 Å². The summed E-state index contributed by atoms with van der Waals surface area (Å²) in [4.78, 5) is 22.4. The molecule has 0 aromatic heterocycles. The van der Waals surface area contributed by atoms with Gasteiger partial charge in [0.05, 0.1) is 5.69 Å². The number of rotatable bonds is 3. The van der Waals surface area contributed by atoms with Gasteiger partial charge in [0.25, 0.3) is 5.91 Å². The van der Waals surface area contributed by atoms with Crippen molar-refractivity contribution in [2.75, 3.05) is 10.6 Å². The molecule has 0 fully saturated rings. The van der Waals surface area contributed by atoms with Gasteiger partial charge in [0.15, 0.2) is 5.54 Å². The Kier molecular flexibility index (Phi) is 4.57. The molecule has 2 amide bonds. The Labute approximate surface area is 117 Å². The van der Waals surface area contributed by atoms with E-state index in [1.807, 2.05) is 5.32 Å². The molecule has 9 heteroatoms. The highest BCUT2D eigenvalue weighted by Gasteiger charge is 2.53. The van der Waals surface area contributed by atoms with Crippen LogP contribution in [0.3, 0.4) is 0 Å². The summed E-state index contributed by atoms with van der Waals surface area (Å²) in [6.45, 7) is 1.64. The van der Waals surface area contributed by atoms with E-state index in [9.17, 15) is 27.2 Å². The minimum Gasteiger partial charge on any atom is -0.324 e. The van der Waals surface area contributed by atoms with E-state index in [0.29, 0.717) is 6.92 Å². The zero-order chi connectivity index (χ0) is 16.4. The van der Waals surface area contributed by atoms with E-state index >= 15 is 0 Å². The first-order valence-electron chi connectivity index (χ1n) is 5.69. The monoisotopic (exact) mass is 307 g/mol. The van der Waals surface area contributed by atoms with Gasteiger partial charge >= 0.3 is 6.18 Å². The topological polar surface area (TPSA) is 84.2 Å². The van der Waals surface area contributed by atoms with Crippen LogP contribution in [0, 0.1) is 5.82 Å². The molecule has 0 aliphatic heterocycles. The largest absolute Gasteiger partial charge is 0.415 e. The highest BCUT2D eigenvalue weighted by molar-refractivity contribution is 5.99. The zero-order valence-electron chi connectivity index (χ0n) is 11.1. The molecule has 0 aliphatic carbocycles. The predicted molar refractivity (Wildman–Crippen MR) is 68.0 cm³/mol. The van der Waals surface area contributed by atoms with E-state index in [-0.39, 0.29) is 11.4 Å². The number of carbonyl (C=O) groups is 2. The SMILES string of the molecule is CC(=O)Nc1cc(NC(=O)C(C)(N)C(F)(F)F)ccc1F. The zero-order valence-corrected chi connectivity index (χ0v) is 11.1. The average Bonchev–Trinajstić information content (AvgIpc) is 2.31. The Morgan fingerprint density at radius 2 is 1.76 bits per heavy atom. The molecule has 1 aromatic carbocycles. The van der Waals surface area contributed by atoms with E-state index in [0.717, 1.165) is 25.1 Å². The Balaban J connectivity index is 2.99. The van der Waals surface area contributed by atoms with Gasteiger partial charge in [0.1, 0.15) is 5.82 Å². The van der Waals surface area contributed by atoms with Crippen LogP contribution in [0.1, 0.15) is 13.8 Å². The van der Waals surface area contributed by atoms with Gasteiger partial charge in [-0.2, -0.15) is 13.2 Å². The number of halogens is 4. The van der Waals surface area contributed by atoms with Gasteiger partial charge in [-0.25, -0.2) is 4.39 Å². The standard InChI is InChI=1S/C12H13F4N3O2/c1-6(20)18-9-5-7(3-4-8(9)13)19-10(21)11(2,17)12(14,15)16/h3-5H,17H2,1-2H3,(H,18,20)(H,19,21). The number of hydrogen-bond acceptors (Lipinski definition) is 3. The first kappa shape index (κ1) is 16.9. The summed E-state index contributed by atoms with van der Waals surface area (Å²) in [5.74, 6) is -2.87. The third kappa shape index (κ3) is 3.91. The molecule has 0 saturated carbocycles. The molecule has 0 heterocycles. The number of hydrogen-bond donors (Lipinski definition) is 3. The number of anilines is 2. The van der Waals surface area contributed by atoms with Crippen molar-refractivity contribution in [1.82, 2.24) is 0 Å². The molecule has 5 nitrogen and oxygen atoms in total. The van der Waals surface area contributed by atoms with Crippen LogP contribution in [0.25, 0.3) is 0 Å². The third-order valence-corrected chi connectivity index (χ3v) is 2.60.